The molecule has 28 heavy (non-hydrogen) atoms. The van der Waals surface area contributed by atoms with E-state index in [0.29, 0.717) is 0 Å². The molecule has 2 N–H and O–H groups in total. The summed E-state index contributed by atoms with van der Waals surface area (Å²) in [5.41, 5.74) is 2.33. The van der Waals surface area contributed by atoms with Crippen LogP contribution in [0.5, 0.6) is 5.75 Å². The minimum atomic E-state index is -0.0979. The van der Waals surface area contributed by atoms with E-state index in [1.807, 2.05) is 32.0 Å². The van der Waals surface area contributed by atoms with Crippen LogP contribution in [-0.4, -0.2) is 29.7 Å². The number of thioether (sulfide) groups is 1. The summed E-state index contributed by atoms with van der Waals surface area (Å²) in [6, 6.07) is 12.8. The van der Waals surface area contributed by atoms with Crippen LogP contribution >= 0.6 is 23.1 Å². The zero-order valence-corrected chi connectivity index (χ0v) is 17.4. The van der Waals surface area contributed by atoms with E-state index in [2.05, 4.69) is 15.6 Å². The zero-order valence-electron chi connectivity index (χ0n) is 15.8. The van der Waals surface area contributed by atoms with E-state index < -0.39 is 0 Å². The minimum absolute atomic E-state index is 0.0198. The molecule has 0 aliphatic carbocycles. The second-order valence-corrected chi connectivity index (χ2v) is 8.62. The Morgan fingerprint density at radius 1 is 1.11 bits per heavy atom. The van der Waals surface area contributed by atoms with Crippen LogP contribution in [-0.2, 0) is 9.59 Å². The normalized spacial score (nSPS) is 10.9. The fourth-order valence-corrected chi connectivity index (χ4v) is 4.24. The molecule has 0 unspecified atom stereocenters. The Bertz CT molecular complexity index is 984. The largest absolute Gasteiger partial charge is 0.497 e. The Morgan fingerprint density at radius 3 is 2.50 bits per heavy atom. The monoisotopic (exact) mass is 415 g/mol. The Morgan fingerprint density at radius 2 is 1.82 bits per heavy atom. The number of fused-ring (bicyclic) bond motifs is 1. The summed E-state index contributed by atoms with van der Waals surface area (Å²) in [6.07, 6.45) is 0. The summed E-state index contributed by atoms with van der Waals surface area (Å²) in [6.45, 7) is 3.71. The van der Waals surface area contributed by atoms with Gasteiger partial charge in [-0.15, -0.1) is 11.3 Å². The first-order valence-electron chi connectivity index (χ1n) is 8.73. The van der Waals surface area contributed by atoms with Gasteiger partial charge in [0.05, 0.1) is 23.1 Å². The van der Waals surface area contributed by atoms with E-state index >= 15 is 0 Å². The third kappa shape index (κ3) is 5.24. The number of carbonyl (C=O) groups excluding carboxylic acids is 2. The molecule has 0 aliphatic rings. The third-order valence-electron chi connectivity index (χ3n) is 3.86. The molecular formula is C20H21N3O3S2. The molecule has 3 aromatic rings. The van der Waals surface area contributed by atoms with Gasteiger partial charge in [-0.1, -0.05) is 25.6 Å². The number of hydrogen-bond acceptors (Lipinski definition) is 6. The molecule has 3 rings (SSSR count). The Hall–Kier alpha value is -2.58. The van der Waals surface area contributed by atoms with E-state index in [-0.39, 0.29) is 23.5 Å². The van der Waals surface area contributed by atoms with Crippen molar-refractivity contribution >= 4 is 56.5 Å². The molecule has 0 radical (unpaired) electrons. The summed E-state index contributed by atoms with van der Waals surface area (Å²) in [5.74, 6) is 0.814. The van der Waals surface area contributed by atoms with Gasteiger partial charge in [0, 0.05) is 17.3 Å². The van der Waals surface area contributed by atoms with Crippen molar-refractivity contribution in [1.29, 1.82) is 0 Å². The van der Waals surface area contributed by atoms with Crippen LogP contribution in [0.4, 0.5) is 11.4 Å². The van der Waals surface area contributed by atoms with Crippen LogP contribution in [0.1, 0.15) is 13.8 Å². The summed E-state index contributed by atoms with van der Waals surface area (Å²) in [4.78, 5) is 28.5. The second-order valence-electron chi connectivity index (χ2n) is 6.37. The van der Waals surface area contributed by atoms with Crippen molar-refractivity contribution in [3.8, 4) is 5.75 Å². The lowest BCUT2D eigenvalue weighted by molar-refractivity contribution is -0.119. The Kier molecular flexibility index (Phi) is 6.53. The van der Waals surface area contributed by atoms with Gasteiger partial charge in [0.25, 0.3) is 0 Å². The first-order chi connectivity index (χ1) is 13.4. The standard InChI is InChI=1S/C20H21N3O3S2/c1-12(2)19(25)22-14-6-9-16-17(10-14)28-20(23-16)27-11-18(24)21-13-4-7-15(26-3)8-5-13/h4-10,12H,11H2,1-3H3,(H,21,24)(H,22,25). The highest BCUT2D eigenvalue weighted by atomic mass is 32.2. The molecule has 0 bridgehead atoms. The van der Waals surface area contributed by atoms with Crippen molar-refractivity contribution in [2.75, 3.05) is 23.5 Å². The van der Waals surface area contributed by atoms with E-state index in [0.717, 1.165) is 31.7 Å². The summed E-state index contributed by atoms with van der Waals surface area (Å²) in [7, 11) is 1.60. The number of hydrogen-bond donors (Lipinski definition) is 2. The summed E-state index contributed by atoms with van der Waals surface area (Å²) >= 11 is 2.89. The van der Waals surface area contributed by atoms with Gasteiger partial charge in [0.15, 0.2) is 4.34 Å². The molecule has 146 valence electrons. The van der Waals surface area contributed by atoms with Crippen LogP contribution in [0.3, 0.4) is 0 Å². The first-order valence-corrected chi connectivity index (χ1v) is 10.5. The maximum atomic E-state index is 12.2. The van der Waals surface area contributed by atoms with Gasteiger partial charge < -0.3 is 15.4 Å². The Balaban J connectivity index is 1.59. The van der Waals surface area contributed by atoms with Gasteiger partial charge in [-0.3, -0.25) is 9.59 Å². The molecule has 1 aromatic heterocycles. The number of benzene rings is 2. The highest BCUT2D eigenvalue weighted by molar-refractivity contribution is 8.01. The lowest BCUT2D eigenvalue weighted by atomic mass is 10.2. The lowest BCUT2D eigenvalue weighted by Crippen LogP contribution is -2.17. The number of methoxy groups -OCH3 is 1. The van der Waals surface area contributed by atoms with Crippen LogP contribution in [0.2, 0.25) is 0 Å². The number of aromatic nitrogens is 1. The van der Waals surface area contributed by atoms with Crippen LogP contribution in [0.15, 0.2) is 46.8 Å². The van der Waals surface area contributed by atoms with Gasteiger partial charge in [0.2, 0.25) is 11.8 Å². The van der Waals surface area contributed by atoms with Gasteiger partial charge in [0.1, 0.15) is 5.75 Å². The maximum Gasteiger partial charge on any atom is 0.234 e. The van der Waals surface area contributed by atoms with Gasteiger partial charge in [-0.25, -0.2) is 4.98 Å². The third-order valence-corrected chi connectivity index (χ3v) is 6.02. The highest BCUT2D eigenvalue weighted by Crippen LogP contribution is 2.31. The number of ether oxygens (including phenoxy) is 1. The molecule has 0 fully saturated rings. The highest BCUT2D eigenvalue weighted by Gasteiger charge is 2.11. The second kappa shape index (κ2) is 9.07. The van der Waals surface area contributed by atoms with Crippen molar-refractivity contribution in [2.24, 2.45) is 5.92 Å². The van der Waals surface area contributed by atoms with Crippen molar-refractivity contribution in [3.63, 3.8) is 0 Å². The number of rotatable bonds is 7. The van der Waals surface area contributed by atoms with Gasteiger partial charge in [-0.05, 0) is 42.5 Å². The molecule has 8 heteroatoms. The van der Waals surface area contributed by atoms with Gasteiger partial charge in [-0.2, -0.15) is 0 Å². The van der Waals surface area contributed by atoms with E-state index in [1.165, 1.54) is 23.1 Å². The molecule has 0 saturated heterocycles. The SMILES string of the molecule is COc1ccc(NC(=O)CSc2nc3ccc(NC(=O)C(C)C)cc3s2)cc1. The van der Waals surface area contributed by atoms with E-state index in [4.69, 9.17) is 4.74 Å². The quantitative estimate of drug-likeness (QED) is 0.550. The Labute approximate surface area is 171 Å². The van der Waals surface area contributed by atoms with Crippen molar-refractivity contribution < 1.29 is 14.3 Å². The van der Waals surface area contributed by atoms with Crippen molar-refractivity contribution in [2.45, 2.75) is 18.2 Å². The molecule has 0 spiro atoms. The zero-order chi connectivity index (χ0) is 20.1. The average Bonchev–Trinajstić information content (AvgIpc) is 3.09. The number of anilines is 2. The summed E-state index contributed by atoms with van der Waals surface area (Å²) < 4.78 is 6.89. The van der Waals surface area contributed by atoms with Crippen LogP contribution in [0, 0.1) is 5.92 Å². The van der Waals surface area contributed by atoms with E-state index in [1.54, 1.807) is 31.4 Å². The predicted octanol–water partition coefficient (Wildman–Crippen LogP) is 4.63. The topological polar surface area (TPSA) is 80.3 Å². The number of amides is 2. The maximum absolute atomic E-state index is 12.2. The van der Waals surface area contributed by atoms with E-state index in [9.17, 15) is 9.59 Å². The molecule has 1 heterocycles. The fraction of sp³-hybridized carbons (Fsp3) is 0.250. The number of nitrogens with zero attached hydrogens (tertiary/aromatic N) is 1. The molecule has 2 aromatic carbocycles. The molecular weight excluding hydrogens is 394 g/mol. The first kappa shape index (κ1) is 20.2. The molecule has 6 nitrogen and oxygen atoms in total. The predicted molar refractivity (Wildman–Crippen MR) is 115 cm³/mol. The number of thiazole rings is 1. The number of carbonyl (C=O) groups is 2. The fourth-order valence-electron chi connectivity index (χ4n) is 2.33. The van der Waals surface area contributed by atoms with Crippen molar-refractivity contribution in [3.05, 3.63) is 42.5 Å². The lowest BCUT2D eigenvalue weighted by Gasteiger charge is -2.06. The van der Waals surface area contributed by atoms with Crippen LogP contribution in [0.25, 0.3) is 10.2 Å². The molecule has 0 atom stereocenters. The molecule has 0 aliphatic heterocycles. The van der Waals surface area contributed by atoms with Crippen LogP contribution < -0.4 is 15.4 Å². The minimum Gasteiger partial charge on any atom is -0.497 e. The van der Waals surface area contributed by atoms with Gasteiger partial charge >= 0.3 is 0 Å². The average molecular weight is 416 g/mol. The van der Waals surface area contributed by atoms with Crippen molar-refractivity contribution in [1.82, 2.24) is 4.98 Å². The summed E-state index contributed by atoms with van der Waals surface area (Å²) in [5, 5.41) is 5.74. The smallest absolute Gasteiger partial charge is 0.234 e. The molecule has 0 saturated carbocycles. The number of nitrogens with one attached hydrogen (secondary N) is 2. The molecule has 2 amide bonds.